The van der Waals surface area contributed by atoms with Crippen molar-refractivity contribution in [1.29, 1.82) is 0 Å². The van der Waals surface area contributed by atoms with E-state index >= 15 is 0 Å². The number of thiophene rings is 1. The van der Waals surface area contributed by atoms with Gasteiger partial charge in [-0.1, -0.05) is 0 Å². The van der Waals surface area contributed by atoms with E-state index in [1.54, 1.807) is 11.3 Å². The zero-order valence-electron chi connectivity index (χ0n) is 11.6. The number of anilines is 1. The number of aromatic nitrogens is 2. The van der Waals surface area contributed by atoms with Crippen molar-refractivity contribution in [2.45, 2.75) is 19.4 Å². The predicted molar refractivity (Wildman–Crippen MR) is 84.0 cm³/mol. The molecule has 5 nitrogen and oxygen atoms in total. The van der Waals surface area contributed by atoms with Crippen molar-refractivity contribution in [3.63, 3.8) is 0 Å². The van der Waals surface area contributed by atoms with Gasteiger partial charge in [0.05, 0.1) is 21.6 Å². The lowest BCUT2D eigenvalue weighted by molar-refractivity contribution is 0.299. The molecule has 0 aromatic carbocycles. The second-order valence-electron chi connectivity index (χ2n) is 5.33. The van der Waals surface area contributed by atoms with Gasteiger partial charge in [0, 0.05) is 0 Å². The van der Waals surface area contributed by atoms with E-state index in [9.17, 15) is 0 Å². The van der Waals surface area contributed by atoms with Gasteiger partial charge in [-0.05, 0) is 44.1 Å². The molecule has 0 radical (unpaired) electrons. The standard InChI is InChI=1S/C15H16N4OS/c16-15-14-11(17-9-18-15)7-13(21-14)12-4-3-10(20-12)8-19-5-1-2-6-19/h3-4,7,9H,1-2,5-6,8H2,(H2,16,17,18). The van der Waals surface area contributed by atoms with E-state index in [-0.39, 0.29) is 0 Å². The quantitative estimate of drug-likeness (QED) is 0.805. The molecule has 4 rings (SSSR count). The van der Waals surface area contributed by atoms with Gasteiger partial charge >= 0.3 is 0 Å². The van der Waals surface area contributed by atoms with Crippen molar-refractivity contribution in [3.8, 4) is 10.6 Å². The third-order valence-electron chi connectivity index (χ3n) is 3.82. The van der Waals surface area contributed by atoms with Gasteiger partial charge in [0.2, 0.25) is 0 Å². The molecule has 0 saturated carbocycles. The highest BCUT2D eigenvalue weighted by Gasteiger charge is 2.15. The molecule has 4 heterocycles. The Morgan fingerprint density at radius 3 is 2.90 bits per heavy atom. The van der Waals surface area contributed by atoms with Crippen molar-refractivity contribution in [3.05, 3.63) is 30.3 Å². The van der Waals surface area contributed by atoms with Crippen LogP contribution in [0.15, 0.2) is 28.9 Å². The van der Waals surface area contributed by atoms with Crippen LogP contribution in [0.3, 0.4) is 0 Å². The highest BCUT2D eigenvalue weighted by molar-refractivity contribution is 7.22. The molecule has 1 aliphatic heterocycles. The molecule has 1 fully saturated rings. The first kappa shape index (κ1) is 12.8. The Labute approximate surface area is 126 Å². The normalized spacial score (nSPS) is 16.0. The molecule has 108 valence electrons. The Kier molecular flexibility index (Phi) is 3.12. The van der Waals surface area contributed by atoms with E-state index < -0.39 is 0 Å². The van der Waals surface area contributed by atoms with Crippen molar-refractivity contribution >= 4 is 27.4 Å². The molecule has 1 aliphatic rings. The van der Waals surface area contributed by atoms with Crippen LogP contribution in [0.4, 0.5) is 5.82 Å². The monoisotopic (exact) mass is 300 g/mol. The van der Waals surface area contributed by atoms with Crippen molar-refractivity contribution in [2.24, 2.45) is 0 Å². The van der Waals surface area contributed by atoms with Crippen LogP contribution in [0.2, 0.25) is 0 Å². The van der Waals surface area contributed by atoms with Crippen LogP contribution in [-0.4, -0.2) is 28.0 Å². The highest BCUT2D eigenvalue weighted by Crippen LogP contribution is 2.35. The molecule has 0 spiro atoms. The van der Waals surface area contributed by atoms with Crippen molar-refractivity contribution in [1.82, 2.24) is 14.9 Å². The van der Waals surface area contributed by atoms with Crippen LogP contribution in [0.5, 0.6) is 0 Å². The van der Waals surface area contributed by atoms with E-state index in [0.29, 0.717) is 5.82 Å². The van der Waals surface area contributed by atoms with E-state index in [1.807, 2.05) is 12.1 Å². The van der Waals surface area contributed by atoms with Crippen LogP contribution in [0.1, 0.15) is 18.6 Å². The van der Waals surface area contributed by atoms with Crippen LogP contribution in [0, 0.1) is 0 Å². The fraction of sp³-hybridized carbons (Fsp3) is 0.333. The van der Waals surface area contributed by atoms with E-state index in [1.165, 1.54) is 32.3 Å². The van der Waals surface area contributed by atoms with Crippen molar-refractivity contribution < 1.29 is 4.42 Å². The molecule has 0 amide bonds. The predicted octanol–water partition coefficient (Wildman–Crippen LogP) is 3.13. The molecule has 0 unspecified atom stereocenters. The third-order valence-corrected chi connectivity index (χ3v) is 4.98. The Hall–Kier alpha value is -1.92. The highest BCUT2D eigenvalue weighted by atomic mass is 32.1. The van der Waals surface area contributed by atoms with Gasteiger partial charge in [0.25, 0.3) is 0 Å². The molecular formula is C15H16N4OS. The topological polar surface area (TPSA) is 68.2 Å². The molecule has 1 saturated heterocycles. The van der Waals surface area contributed by atoms with E-state index in [2.05, 4.69) is 20.9 Å². The minimum atomic E-state index is 0.528. The fourth-order valence-electron chi connectivity index (χ4n) is 2.75. The molecule has 0 atom stereocenters. The maximum atomic E-state index is 5.98. The first-order chi connectivity index (χ1) is 10.3. The summed E-state index contributed by atoms with van der Waals surface area (Å²) in [4.78, 5) is 11.7. The summed E-state index contributed by atoms with van der Waals surface area (Å²) in [6, 6.07) is 6.10. The number of rotatable bonds is 3. The SMILES string of the molecule is Nc1ncnc2cc(-c3ccc(CN4CCCC4)o3)sc12. The zero-order chi connectivity index (χ0) is 14.2. The molecule has 21 heavy (non-hydrogen) atoms. The average Bonchev–Trinajstić information content (AvgIpc) is 3.18. The Bertz CT molecular complexity index is 773. The lowest BCUT2D eigenvalue weighted by Gasteiger charge is -2.11. The molecule has 3 aromatic rings. The lowest BCUT2D eigenvalue weighted by Crippen LogP contribution is -2.17. The number of hydrogen-bond donors (Lipinski definition) is 1. The first-order valence-corrected chi connectivity index (χ1v) is 7.93. The summed E-state index contributed by atoms with van der Waals surface area (Å²) >= 11 is 1.58. The maximum Gasteiger partial charge on any atom is 0.144 e. The zero-order valence-corrected chi connectivity index (χ0v) is 12.4. The van der Waals surface area contributed by atoms with Crippen LogP contribution in [-0.2, 0) is 6.54 Å². The van der Waals surface area contributed by atoms with Gasteiger partial charge in [-0.25, -0.2) is 9.97 Å². The number of furan rings is 1. The summed E-state index contributed by atoms with van der Waals surface area (Å²) in [7, 11) is 0. The second-order valence-corrected chi connectivity index (χ2v) is 6.39. The van der Waals surface area contributed by atoms with Gasteiger partial charge < -0.3 is 10.2 Å². The number of nitrogen functional groups attached to an aromatic ring is 1. The molecular weight excluding hydrogens is 284 g/mol. The largest absolute Gasteiger partial charge is 0.459 e. The lowest BCUT2D eigenvalue weighted by atomic mass is 10.3. The van der Waals surface area contributed by atoms with Gasteiger partial charge in [0.1, 0.15) is 23.7 Å². The Morgan fingerprint density at radius 2 is 2.10 bits per heavy atom. The van der Waals surface area contributed by atoms with Gasteiger partial charge in [0.15, 0.2) is 0 Å². The van der Waals surface area contributed by atoms with Gasteiger partial charge in [-0.3, -0.25) is 4.90 Å². The number of fused-ring (bicyclic) bond motifs is 1. The molecule has 3 aromatic heterocycles. The smallest absolute Gasteiger partial charge is 0.144 e. The van der Waals surface area contributed by atoms with Crippen LogP contribution < -0.4 is 5.73 Å². The van der Waals surface area contributed by atoms with E-state index in [4.69, 9.17) is 10.2 Å². The summed E-state index contributed by atoms with van der Waals surface area (Å²) in [6.45, 7) is 3.24. The number of nitrogens with zero attached hydrogens (tertiary/aromatic N) is 3. The van der Waals surface area contributed by atoms with Crippen molar-refractivity contribution in [2.75, 3.05) is 18.8 Å². The van der Waals surface area contributed by atoms with Gasteiger partial charge in [-0.15, -0.1) is 11.3 Å². The molecule has 0 bridgehead atoms. The van der Waals surface area contributed by atoms with E-state index in [0.717, 1.165) is 33.2 Å². The summed E-state index contributed by atoms with van der Waals surface area (Å²) in [5, 5.41) is 0. The summed E-state index contributed by atoms with van der Waals surface area (Å²) < 4.78 is 6.90. The fourth-order valence-corrected chi connectivity index (χ4v) is 3.72. The maximum absolute atomic E-state index is 5.98. The third kappa shape index (κ3) is 2.41. The average molecular weight is 300 g/mol. The Morgan fingerprint density at radius 1 is 1.24 bits per heavy atom. The molecule has 0 aliphatic carbocycles. The number of hydrogen-bond acceptors (Lipinski definition) is 6. The van der Waals surface area contributed by atoms with Crippen LogP contribution in [0.25, 0.3) is 20.9 Å². The number of nitrogens with two attached hydrogens (primary N) is 1. The molecule has 2 N–H and O–H groups in total. The summed E-state index contributed by atoms with van der Waals surface area (Å²) in [5.74, 6) is 2.43. The minimum Gasteiger partial charge on any atom is -0.459 e. The first-order valence-electron chi connectivity index (χ1n) is 7.11. The summed E-state index contributed by atoms with van der Waals surface area (Å²) in [6.07, 6.45) is 4.08. The molecule has 6 heteroatoms. The minimum absolute atomic E-state index is 0.528. The van der Waals surface area contributed by atoms with Crippen LogP contribution >= 0.6 is 11.3 Å². The second kappa shape index (κ2) is 5.13. The summed E-state index contributed by atoms with van der Waals surface area (Å²) in [5.41, 5.74) is 6.76. The Balaban J connectivity index is 1.62. The number of likely N-dealkylation sites (tertiary alicyclic amines) is 1. The van der Waals surface area contributed by atoms with Gasteiger partial charge in [-0.2, -0.15) is 0 Å².